The van der Waals surface area contributed by atoms with Crippen molar-refractivity contribution < 1.29 is 14.6 Å². The monoisotopic (exact) mass is 400 g/mol. The lowest BCUT2D eigenvalue weighted by molar-refractivity contribution is -0.0781. The molecule has 0 bridgehead atoms. The molecule has 156 valence electrons. The first-order valence-electron chi connectivity index (χ1n) is 10.2. The van der Waals surface area contributed by atoms with Crippen molar-refractivity contribution in [1.29, 1.82) is 0 Å². The van der Waals surface area contributed by atoms with E-state index in [4.69, 9.17) is 9.47 Å². The molecule has 0 amide bonds. The van der Waals surface area contributed by atoms with Crippen molar-refractivity contribution >= 4 is 0 Å². The first kappa shape index (κ1) is 20.2. The number of ether oxygens (including phenoxy) is 2. The van der Waals surface area contributed by atoms with Gasteiger partial charge in [-0.2, -0.15) is 5.10 Å². The summed E-state index contributed by atoms with van der Waals surface area (Å²) in [6.07, 6.45) is 5.37. The molecular weight excluding hydrogens is 372 g/mol. The zero-order valence-electron chi connectivity index (χ0n) is 16.6. The van der Waals surface area contributed by atoms with Gasteiger partial charge in [-0.25, -0.2) is 4.68 Å². The number of likely N-dealkylation sites (tertiary alicyclic amines) is 1. The average Bonchev–Trinajstić information content (AvgIpc) is 2.96. The molecule has 0 spiro atoms. The normalized spacial score (nSPS) is 21.0. The Kier molecular flexibility index (Phi) is 6.34. The molecule has 8 nitrogen and oxygen atoms in total. The first-order valence-corrected chi connectivity index (χ1v) is 10.2. The van der Waals surface area contributed by atoms with Gasteiger partial charge in [0.15, 0.2) is 0 Å². The van der Waals surface area contributed by atoms with E-state index >= 15 is 0 Å². The topological polar surface area (TPSA) is 89.7 Å². The molecule has 2 aliphatic rings. The van der Waals surface area contributed by atoms with Gasteiger partial charge >= 0.3 is 0 Å². The summed E-state index contributed by atoms with van der Waals surface area (Å²) in [6.45, 7) is 4.62. The van der Waals surface area contributed by atoms with Crippen LogP contribution in [-0.4, -0.2) is 76.4 Å². The highest BCUT2D eigenvalue weighted by atomic mass is 16.6. The van der Waals surface area contributed by atoms with Crippen LogP contribution in [0.2, 0.25) is 0 Å². The Labute approximate surface area is 170 Å². The van der Waals surface area contributed by atoms with Gasteiger partial charge in [-0.3, -0.25) is 9.78 Å². The van der Waals surface area contributed by atoms with E-state index in [-0.39, 0.29) is 5.56 Å². The minimum Gasteiger partial charge on any atom is -0.384 e. The SMILES string of the molecule is O=c1ccc(-c2ccncc2)nn1CC1CCN(CC2(O)COCCOC2)CC1. The molecule has 4 heterocycles. The fraction of sp³-hybridized carbons (Fsp3) is 0.571. The number of hydrogen-bond acceptors (Lipinski definition) is 7. The Bertz CT molecular complexity index is 841. The van der Waals surface area contributed by atoms with E-state index in [1.54, 1.807) is 29.2 Å². The Morgan fingerprint density at radius 1 is 1.07 bits per heavy atom. The third-order valence-corrected chi connectivity index (χ3v) is 5.61. The number of nitrogens with zero attached hydrogens (tertiary/aromatic N) is 4. The molecule has 2 aromatic heterocycles. The third-order valence-electron chi connectivity index (χ3n) is 5.61. The van der Waals surface area contributed by atoms with Gasteiger partial charge in [0.05, 0.1) is 32.1 Å². The van der Waals surface area contributed by atoms with Crippen LogP contribution in [0, 0.1) is 5.92 Å². The summed E-state index contributed by atoms with van der Waals surface area (Å²) < 4.78 is 12.5. The van der Waals surface area contributed by atoms with Crippen molar-refractivity contribution in [3.8, 4) is 11.3 Å². The van der Waals surface area contributed by atoms with Gasteiger partial charge in [0.25, 0.3) is 5.56 Å². The van der Waals surface area contributed by atoms with E-state index in [1.807, 2.05) is 12.1 Å². The van der Waals surface area contributed by atoms with Crippen molar-refractivity contribution in [3.63, 3.8) is 0 Å². The van der Waals surface area contributed by atoms with Crippen LogP contribution < -0.4 is 5.56 Å². The van der Waals surface area contributed by atoms with Crippen LogP contribution in [0.25, 0.3) is 11.3 Å². The summed E-state index contributed by atoms with van der Waals surface area (Å²) in [6, 6.07) is 7.12. The van der Waals surface area contributed by atoms with Gasteiger partial charge in [-0.05, 0) is 50.0 Å². The van der Waals surface area contributed by atoms with Crippen molar-refractivity contribution in [2.45, 2.75) is 25.0 Å². The Balaban J connectivity index is 1.34. The molecule has 2 fully saturated rings. The lowest BCUT2D eigenvalue weighted by atomic mass is 9.95. The molecule has 4 rings (SSSR count). The highest BCUT2D eigenvalue weighted by molar-refractivity contribution is 5.56. The lowest BCUT2D eigenvalue weighted by Gasteiger charge is -2.37. The van der Waals surface area contributed by atoms with Gasteiger partial charge in [0, 0.05) is 37.1 Å². The predicted molar refractivity (Wildman–Crippen MR) is 107 cm³/mol. The molecule has 2 aromatic rings. The molecule has 0 unspecified atom stereocenters. The smallest absolute Gasteiger partial charge is 0.266 e. The maximum Gasteiger partial charge on any atom is 0.266 e. The number of rotatable bonds is 5. The number of aromatic nitrogens is 3. The zero-order valence-corrected chi connectivity index (χ0v) is 16.6. The van der Waals surface area contributed by atoms with Crippen LogP contribution in [-0.2, 0) is 16.0 Å². The summed E-state index contributed by atoms with van der Waals surface area (Å²) in [4.78, 5) is 18.6. The van der Waals surface area contributed by atoms with Crippen LogP contribution in [0.4, 0.5) is 0 Å². The highest BCUT2D eigenvalue weighted by Gasteiger charge is 2.33. The Hall–Kier alpha value is -2.13. The number of hydrogen-bond donors (Lipinski definition) is 1. The molecule has 8 heteroatoms. The molecule has 0 aliphatic carbocycles. The molecule has 0 radical (unpaired) electrons. The zero-order chi connectivity index (χ0) is 20.1. The summed E-state index contributed by atoms with van der Waals surface area (Å²) in [5, 5.41) is 15.3. The minimum absolute atomic E-state index is 0.0766. The van der Waals surface area contributed by atoms with Crippen LogP contribution in [0.1, 0.15) is 12.8 Å². The van der Waals surface area contributed by atoms with Gasteiger partial charge in [-0.15, -0.1) is 0 Å². The molecule has 0 saturated carbocycles. The standard InChI is InChI=1S/C21H28N4O4/c26-20-2-1-19(18-3-7-22-8-4-18)23-25(20)13-17-5-9-24(10-6-17)14-21(27)15-28-11-12-29-16-21/h1-4,7-8,17,27H,5-6,9-16H2. The second-order valence-electron chi connectivity index (χ2n) is 8.02. The van der Waals surface area contributed by atoms with Crippen LogP contribution >= 0.6 is 0 Å². The average molecular weight is 400 g/mol. The summed E-state index contributed by atoms with van der Waals surface area (Å²) in [5.74, 6) is 0.389. The Morgan fingerprint density at radius 2 is 1.76 bits per heavy atom. The Morgan fingerprint density at radius 3 is 2.45 bits per heavy atom. The number of piperidine rings is 1. The van der Waals surface area contributed by atoms with E-state index in [9.17, 15) is 9.90 Å². The molecule has 1 N–H and O–H groups in total. The predicted octanol–water partition coefficient (Wildman–Crippen LogP) is 0.795. The largest absolute Gasteiger partial charge is 0.384 e. The van der Waals surface area contributed by atoms with Gasteiger partial charge in [0.2, 0.25) is 0 Å². The minimum atomic E-state index is -0.944. The molecular formula is C21H28N4O4. The van der Waals surface area contributed by atoms with Crippen molar-refractivity contribution in [2.75, 3.05) is 46.1 Å². The van der Waals surface area contributed by atoms with E-state index in [1.165, 1.54) is 0 Å². The van der Waals surface area contributed by atoms with E-state index < -0.39 is 5.60 Å². The maximum atomic E-state index is 12.3. The van der Waals surface area contributed by atoms with Crippen molar-refractivity contribution in [1.82, 2.24) is 19.7 Å². The van der Waals surface area contributed by atoms with Crippen LogP contribution in [0.5, 0.6) is 0 Å². The second kappa shape index (κ2) is 9.13. The van der Waals surface area contributed by atoms with Crippen LogP contribution in [0.15, 0.2) is 41.5 Å². The summed E-state index contributed by atoms with van der Waals surface area (Å²) >= 11 is 0. The lowest BCUT2D eigenvalue weighted by Crippen LogP contribution is -2.51. The van der Waals surface area contributed by atoms with Gasteiger partial charge in [0.1, 0.15) is 5.60 Å². The fourth-order valence-corrected chi connectivity index (χ4v) is 4.02. The number of pyridine rings is 1. The van der Waals surface area contributed by atoms with E-state index in [2.05, 4.69) is 15.0 Å². The molecule has 0 aromatic carbocycles. The van der Waals surface area contributed by atoms with Crippen molar-refractivity contribution in [2.24, 2.45) is 5.92 Å². The van der Waals surface area contributed by atoms with Crippen molar-refractivity contribution in [3.05, 3.63) is 47.0 Å². The molecule has 29 heavy (non-hydrogen) atoms. The fourth-order valence-electron chi connectivity index (χ4n) is 4.02. The van der Waals surface area contributed by atoms with E-state index in [0.717, 1.165) is 37.2 Å². The maximum absolute atomic E-state index is 12.3. The van der Waals surface area contributed by atoms with Gasteiger partial charge in [-0.1, -0.05) is 0 Å². The van der Waals surface area contributed by atoms with Gasteiger partial charge < -0.3 is 19.5 Å². The third kappa shape index (κ3) is 5.27. The van der Waals surface area contributed by atoms with Crippen LogP contribution in [0.3, 0.4) is 0 Å². The van der Waals surface area contributed by atoms with E-state index in [0.29, 0.717) is 45.4 Å². The second-order valence-corrected chi connectivity index (χ2v) is 8.02. The first-order chi connectivity index (χ1) is 14.1. The molecule has 2 saturated heterocycles. The molecule has 0 atom stereocenters. The number of β-amino-alcohol motifs (C(OH)–C–C–N with tert-alkyl or cyclic N) is 1. The highest BCUT2D eigenvalue weighted by Crippen LogP contribution is 2.22. The summed E-state index contributed by atoms with van der Waals surface area (Å²) in [5.41, 5.74) is 0.706. The molecule has 2 aliphatic heterocycles. The number of aliphatic hydroxyl groups is 1. The summed E-state index contributed by atoms with van der Waals surface area (Å²) in [7, 11) is 0. The quantitative estimate of drug-likeness (QED) is 0.794.